The summed E-state index contributed by atoms with van der Waals surface area (Å²) in [6.07, 6.45) is 2.56. The van der Waals surface area contributed by atoms with Crippen LogP contribution in [0.4, 0.5) is 0 Å². The SMILES string of the molecule is Cc1[nH]cnc1C[C@H](C)N. The summed E-state index contributed by atoms with van der Waals surface area (Å²) < 4.78 is 0. The number of aryl methyl sites for hydroxylation is 1. The quantitative estimate of drug-likeness (QED) is 0.630. The number of rotatable bonds is 2. The van der Waals surface area contributed by atoms with Gasteiger partial charge in [0.1, 0.15) is 0 Å². The van der Waals surface area contributed by atoms with E-state index in [1.54, 1.807) is 6.33 Å². The Morgan fingerprint density at radius 3 is 2.90 bits per heavy atom. The third kappa shape index (κ3) is 1.57. The molecule has 3 heteroatoms. The van der Waals surface area contributed by atoms with E-state index >= 15 is 0 Å². The molecule has 0 bridgehead atoms. The van der Waals surface area contributed by atoms with Crippen LogP contribution in [0.1, 0.15) is 18.3 Å². The van der Waals surface area contributed by atoms with Gasteiger partial charge in [0.05, 0.1) is 12.0 Å². The summed E-state index contributed by atoms with van der Waals surface area (Å²) in [5.41, 5.74) is 7.80. The molecule has 1 aromatic heterocycles. The van der Waals surface area contributed by atoms with Crippen LogP contribution in [0.3, 0.4) is 0 Å². The fraction of sp³-hybridized carbons (Fsp3) is 0.571. The highest BCUT2D eigenvalue weighted by Crippen LogP contribution is 2.02. The molecule has 0 aromatic carbocycles. The first-order chi connectivity index (χ1) is 4.70. The lowest BCUT2D eigenvalue weighted by Gasteiger charge is -2.01. The molecule has 0 aliphatic heterocycles. The van der Waals surface area contributed by atoms with E-state index in [0.717, 1.165) is 17.8 Å². The maximum atomic E-state index is 5.60. The molecule has 1 aromatic rings. The van der Waals surface area contributed by atoms with Crippen LogP contribution in [0.15, 0.2) is 6.33 Å². The zero-order valence-corrected chi connectivity index (χ0v) is 6.39. The highest BCUT2D eigenvalue weighted by molar-refractivity contribution is 5.09. The van der Waals surface area contributed by atoms with Crippen LogP contribution in [0.25, 0.3) is 0 Å². The van der Waals surface area contributed by atoms with Crippen LogP contribution in [-0.4, -0.2) is 16.0 Å². The number of imidazole rings is 1. The minimum atomic E-state index is 0.196. The van der Waals surface area contributed by atoms with Crippen LogP contribution in [0.5, 0.6) is 0 Å². The van der Waals surface area contributed by atoms with Crippen LogP contribution in [0.2, 0.25) is 0 Å². The second kappa shape index (κ2) is 2.84. The standard InChI is InChI=1S/C7H13N3/c1-5(8)3-7-6(2)9-4-10-7/h4-5H,3,8H2,1-2H3,(H,9,10)/t5-/m0/s1. The maximum Gasteiger partial charge on any atom is 0.0925 e. The number of nitrogens with one attached hydrogen (secondary N) is 1. The monoisotopic (exact) mass is 139 g/mol. The summed E-state index contributed by atoms with van der Waals surface area (Å²) in [6, 6.07) is 0.196. The first-order valence-electron chi connectivity index (χ1n) is 3.44. The lowest BCUT2D eigenvalue weighted by molar-refractivity contribution is 0.721. The largest absolute Gasteiger partial charge is 0.348 e. The second-order valence-electron chi connectivity index (χ2n) is 2.66. The van der Waals surface area contributed by atoms with Crippen molar-refractivity contribution < 1.29 is 0 Å². The van der Waals surface area contributed by atoms with Gasteiger partial charge in [-0.2, -0.15) is 0 Å². The van der Waals surface area contributed by atoms with Crippen LogP contribution in [-0.2, 0) is 6.42 Å². The Bertz CT molecular complexity index is 202. The summed E-state index contributed by atoms with van der Waals surface area (Å²) in [5, 5.41) is 0. The van der Waals surface area contributed by atoms with Gasteiger partial charge < -0.3 is 10.7 Å². The lowest BCUT2D eigenvalue weighted by Crippen LogP contribution is -2.18. The highest BCUT2D eigenvalue weighted by atomic mass is 14.9. The van der Waals surface area contributed by atoms with Gasteiger partial charge in [-0.1, -0.05) is 0 Å². The smallest absolute Gasteiger partial charge is 0.0925 e. The van der Waals surface area contributed by atoms with Gasteiger partial charge in [0, 0.05) is 18.2 Å². The lowest BCUT2D eigenvalue weighted by atomic mass is 10.2. The number of nitrogens with zero attached hydrogens (tertiary/aromatic N) is 1. The molecule has 1 heterocycles. The Labute approximate surface area is 60.7 Å². The molecule has 0 aliphatic carbocycles. The molecule has 0 radical (unpaired) electrons. The highest BCUT2D eigenvalue weighted by Gasteiger charge is 2.02. The van der Waals surface area contributed by atoms with Gasteiger partial charge in [0.15, 0.2) is 0 Å². The average molecular weight is 139 g/mol. The summed E-state index contributed by atoms with van der Waals surface area (Å²) in [5.74, 6) is 0. The topological polar surface area (TPSA) is 54.7 Å². The van der Waals surface area contributed by atoms with Gasteiger partial charge in [-0.3, -0.25) is 0 Å². The first-order valence-corrected chi connectivity index (χ1v) is 3.44. The molecule has 0 aliphatic rings. The van der Waals surface area contributed by atoms with Gasteiger partial charge in [0.25, 0.3) is 0 Å². The van der Waals surface area contributed by atoms with E-state index < -0.39 is 0 Å². The molecular weight excluding hydrogens is 126 g/mol. The van der Waals surface area contributed by atoms with E-state index in [1.807, 2.05) is 13.8 Å². The predicted octanol–water partition coefficient (Wildman–Crippen LogP) is 0.608. The minimum absolute atomic E-state index is 0.196. The van der Waals surface area contributed by atoms with Gasteiger partial charge in [-0.15, -0.1) is 0 Å². The van der Waals surface area contributed by atoms with Crippen molar-refractivity contribution in [2.75, 3.05) is 0 Å². The molecule has 3 N–H and O–H groups in total. The number of hydrogen-bond acceptors (Lipinski definition) is 2. The Balaban J connectivity index is 2.65. The Kier molecular flexibility index (Phi) is 2.06. The number of aromatic nitrogens is 2. The Morgan fingerprint density at radius 1 is 1.80 bits per heavy atom. The molecule has 0 saturated carbocycles. The third-order valence-corrected chi connectivity index (χ3v) is 1.45. The van der Waals surface area contributed by atoms with Crippen molar-refractivity contribution in [3.63, 3.8) is 0 Å². The molecule has 0 saturated heterocycles. The third-order valence-electron chi connectivity index (χ3n) is 1.45. The number of nitrogens with two attached hydrogens (primary N) is 1. The van der Waals surface area contributed by atoms with Gasteiger partial charge in [-0.05, 0) is 13.8 Å². The van der Waals surface area contributed by atoms with E-state index in [4.69, 9.17) is 5.73 Å². The molecule has 0 amide bonds. The first kappa shape index (κ1) is 7.28. The van der Waals surface area contributed by atoms with Crippen molar-refractivity contribution in [3.8, 4) is 0 Å². The number of H-pyrrole nitrogens is 1. The summed E-state index contributed by atoms with van der Waals surface area (Å²) in [4.78, 5) is 7.13. The Hall–Kier alpha value is -0.830. The van der Waals surface area contributed by atoms with Crippen molar-refractivity contribution in [3.05, 3.63) is 17.7 Å². The molecule has 0 fully saturated rings. The zero-order valence-electron chi connectivity index (χ0n) is 6.39. The fourth-order valence-corrected chi connectivity index (χ4v) is 0.898. The molecule has 10 heavy (non-hydrogen) atoms. The van der Waals surface area contributed by atoms with E-state index in [1.165, 1.54) is 0 Å². The second-order valence-corrected chi connectivity index (χ2v) is 2.66. The Morgan fingerprint density at radius 2 is 2.50 bits per heavy atom. The molecular formula is C7H13N3. The van der Waals surface area contributed by atoms with E-state index in [0.29, 0.717) is 0 Å². The fourth-order valence-electron chi connectivity index (χ4n) is 0.898. The summed E-state index contributed by atoms with van der Waals surface area (Å²) in [6.45, 7) is 3.98. The summed E-state index contributed by atoms with van der Waals surface area (Å²) in [7, 11) is 0. The molecule has 1 rings (SSSR count). The number of hydrogen-bond donors (Lipinski definition) is 2. The van der Waals surface area contributed by atoms with E-state index in [2.05, 4.69) is 9.97 Å². The molecule has 1 atom stereocenters. The van der Waals surface area contributed by atoms with E-state index in [9.17, 15) is 0 Å². The molecule has 0 unspecified atom stereocenters. The van der Waals surface area contributed by atoms with Crippen LogP contribution < -0.4 is 5.73 Å². The average Bonchev–Trinajstić information content (AvgIpc) is 2.15. The molecule has 3 nitrogen and oxygen atoms in total. The number of aromatic amines is 1. The van der Waals surface area contributed by atoms with Crippen molar-refractivity contribution in [1.29, 1.82) is 0 Å². The minimum Gasteiger partial charge on any atom is -0.348 e. The van der Waals surface area contributed by atoms with Gasteiger partial charge >= 0.3 is 0 Å². The molecule has 56 valence electrons. The molecule has 0 spiro atoms. The van der Waals surface area contributed by atoms with Crippen LogP contribution >= 0.6 is 0 Å². The van der Waals surface area contributed by atoms with Crippen molar-refractivity contribution >= 4 is 0 Å². The van der Waals surface area contributed by atoms with Gasteiger partial charge in [0.2, 0.25) is 0 Å². The van der Waals surface area contributed by atoms with Crippen molar-refractivity contribution in [2.24, 2.45) is 5.73 Å². The maximum absolute atomic E-state index is 5.60. The van der Waals surface area contributed by atoms with Crippen LogP contribution in [0, 0.1) is 6.92 Å². The van der Waals surface area contributed by atoms with Gasteiger partial charge in [-0.25, -0.2) is 4.98 Å². The predicted molar refractivity (Wildman–Crippen MR) is 40.7 cm³/mol. The summed E-state index contributed by atoms with van der Waals surface area (Å²) >= 11 is 0. The van der Waals surface area contributed by atoms with Crippen molar-refractivity contribution in [2.45, 2.75) is 26.3 Å². The zero-order chi connectivity index (χ0) is 7.56. The van der Waals surface area contributed by atoms with E-state index in [-0.39, 0.29) is 6.04 Å². The normalized spacial score (nSPS) is 13.5. The van der Waals surface area contributed by atoms with Crippen molar-refractivity contribution in [1.82, 2.24) is 9.97 Å².